The predicted molar refractivity (Wildman–Crippen MR) is 78.9 cm³/mol. The van der Waals surface area contributed by atoms with Gasteiger partial charge in [-0.15, -0.1) is 0 Å². The van der Waals surface area contributed by atoms with Crippen LogP contribution in [0.2, 0.25) is 0 Å². The van der Waals surface area contributed by atoms with Gasteiger partial charge in [0.15, 0.2) is 5.75 Å². The Labute approximate surface area is 121 Å². The highest BCUT2D eigenvalue weighted by molar-refractivity contribution is 5.84. The Morgan fingerprint density at radius 2 is 1.90 bits per heavy atom. The first kappa shape index (κ1) is 13.5. The van der Waals surface area contributed by atoms with Crippen LogP contribution in [0.25, 0.3) is 10.9 Å². The van der Waals surface area contributed by atoms with Crippen LogP contribution in [0.4, 0.5) is 4.39 Å². The minimum Gasteiger partial charge on any atom is -0.455 e. The average Bonchev–Trinajstić information content (AvgIpc) is 2.49. The number of hydrogen-bond acceptors (Lipinski definition) is 3. The zero-order valence-electron chi connectivity index (χ0n) is 11.5. The first-order valence-corrected chi connectivity index (χ1v) is 6.64. The Hall–Kier alpha value is -2.46. The lowest BCUT2D eigenvalue weighted by Crippen LogP contribution is -1.98. The van der Waals surface area contributed by atoms with E-state index in [0.717, 1.165) is 10.9 Å². The van der Waals surface area contributed by atoms with E-state index in [4.69, 9.17) is 4.74 Å². The highest BCUT2D eigenvalue weighted by Gasteiger charge is 2.13. The van der Waals surface area contributed by atoms with E-state index in [0.29, 0.717) is 17.1 Å². The molecule has 3 aromatic rings. The van der Waals surface area contributed by atoms with Crippen LogP contribution >= 0.6 is 0 Å². The minimum atomic E-state index is -0.821. The monoisotopic (exact) mass is 283 g/mol. The summed E-state index contributed by atoms with van der Waals surface area (Å²) in [5.74, 6) is 0.584. The second-order valence-corrected chi connectivity index (χ2v) is 4.79. The third-order valence-electron chi connectivity index (χ3n) is 3.24. The molecule has 21 heavy (non-hydrogen) atoms. The summed E-state index contributed by atoms with van der Waals surface area (Å²) in [6, 6.07) is 13.5. The Morgan fingerprint density at radius 1 is 1.10 bits per heavy atom. The van der Waals surface area contributed by atoms with E-state index < -0.39 is 11.9 Å². The summed E-state index contributed by atoms with van der Waals surface area (Å²) < 4.78 is 19.2. The molecular formula is C17H14FNO2. The fraction of sp³-hybridized carbons (Fsp3) is 0.118. The quantitative estimate of drug-likeness (QED) is 0.782. The van der Waals surface area contributed by atoms with Gasteiger partial charge >= 0.3 is 0 Å². The third-order valence-corrected chi connectivity index (χ3v) is 3.24. The summed E-state index contributed by atoms with van der Waals surface area (Å²) in [7, 11) is 0. The van der Waals surface area contributed by atoms with Crippen molar-refractivity contribution in [2.75, 3.05) is 0 Å². The summed E-state index contributed by atoms with van der Waals surface area (Å²) in [5, 5.41) is 10.7. The van der Waals surface area contributed by atoms with Gasteiger partial charge in [0.25, 0.3) is 0 Å². The van der Waals surface area contributed by atoms with Gasteiger partial charge in [-0.1, -0.05) is 18.2 Å². The van der Waals surface area contributed by atoms with E-state index in [2.05, 4.69) is 4.98 Å². The molecule has 0 radical (unpaired) electrons. The maximum atomic E-state index is 13.3. The molecule has 0 saturated heterocycles. The number of para-hydroxylation sites is 1. The molecule has 1 atom stereocenters. The molecule has 0 unspecified atom stereocenters. The zero-order valence-corrected chi connectivity index (χ0v) is 11.5. The van der Waals surface area contributed by atoms with Crippen molar-refractivity contribution in [3.8, 4) is 11.5 Å². The number of nitrogens with zero attached hydrogens (tertiary/aromatic N) is 1. The van der Waals surface area contributed by atoms with Crippen LogP contribution in [0.15, 0.2) is 54.7 Å². The largest absolute Gasteiger partial charge is 0.455 e. The van der Waals surface area contributed by atoms with Gasteiger partial charge in [-0.2, -0.15) is 0 Å². The summed E-state index contributed by atoms with van der Waals surface area (Å²) in [5.41, 5.74) is 1.13. The molecule has 2 aromatic carbocycles. The minimum absolute atomic E-state index is 0.405. The van der Waals surface area contributed by atoms with Crippen molar-refractivity contribution in [1.29, 1.82) is 0 Å². The zero-order chi connectivity index (χ0) is 14.8. The molecule has 0 saturated carbocycles. The first-order chi connectivity index (χ1) is 10.1. The lowest BCUT2D eigenvalue weighted by Gasteiger charge is -2.14. The van der Waals surface area contributed by atoms with E-state index in [1.165, 1.54) is 18.2 Å². The molecule has 106 valence electrons. The van der Waals surface area contributed by atoms with Crippen LogP contribution in [0.1, 0.15) is 18.6 Å². The molecule has 0 aliphatic rings. The number of hydrogen-bond donors (Lipinski definition) is 1. The number of aromatic nitrogens is 1. The molecule has 0 spiro atoms. The number of benzene rings is 2. The summed E-state index contributed by atoms with van der Waals surface area (Å²) >= 11 is 0. The smallest absolute Gasteiger partial charge is 0.153 e. The van der Waals surface area contributed by atoms with Gasteiger partial charge in [-0.25, -0.2) is 4.39 Å². The second-order valence-electron chi connectivity index (χ2n) is 4.79. The van der Waals surface area contributed by atoms with Crippen molar-refractivity contribution >= 4 is 10.9 Å². The molecule has 0 aliphatic carbocycles. The highest BCUT2D eigenvalue weighted by Crippen LogP contribution is 2.33. The fourth-order valence-corrected chi connectivity index (χ4v) is 2.22. The number of aliphatic hydroxyl groups excluding tert-OH is 1. The number of fused-ring (bicyclic) bond motifs is 1. The van der Waals surface area contributed by atoms with Crippen LogP contribution in [0.5, 0.6) is 11.5 Å². The Bertz CT molecular complexity index is 781. The Kier molecular flexibility index (Phi) is 3.54. The van der Waals surface area contributed by atoms with Crippen molar-refractivity contribution in [3.63, 3.8) is 0 Å². The number of aliphatic hydroxyl groups is 1. The standard InChI is InChI=1S/C17H14FNO2/c1-11(20)14-10-13(18)7-8-15(14)21-16-6-2-4-12-5-3-9-19-17(12)16/h2-11,20H,1H3/t11-/m0/s1. The molecule has 1 N–H and O–H groups in total. The van der Waals surface area contributed by atoms with E-state index in [9.17, 15) is 9.50 Å². The molecule has 0 bridgehead atoms. The van der Waals surface area contributed by atoms with Crippen LogP contribution < -0.4 is 4.74 Å². The summed E-state index contributed by atoms with van der Waals surface area (Å²) in [6.45, 7) is 1.57. The van der Waals surface area contributed by atoms with Gasteiger partial charge in [0.1, 0.15) is 17.1 Å². The maximum Gasteiger partial charge on any atom is 0.153 e. The van der Waals surface area contributed by atoms with Crippen LogP contribution in [-0.2, 0) is 0 Å². The van der Waals surface area contributed by atoms with Gasteiger partial charge in [0.2, 0.25) is 0 Å². The first-order valence-electron chi connectivity index (χ1n) is 6.64. The van der Waals surface area contributed by atoms with E-state index in [1.807, 2.05) is 24.3 Å². The van der Waals surface area contributed by atoms with Crippen LogP contribution in [0, 0.1) is 5.82 Å². The van der Waals surface area contributed by atoms with Crippen LogP contribution in [-0.4, -0.2) is 10.1 Å². The predicted octanol–water partition coefficient (Wildman–Crippen LogP) is 4.22. The molecule has 0 aliphatic heterocycles. The molecule has 0 fully saturated rings. The molecular weight excluding hydrogens is 269 g/mol. The lowest BCUT2D eigenvalue weighted by atomic mass is 10.1. The van der Waals surface area contributed by atoms with E-state index in [1.54, 1.807) is 19.2 Å². The fourth-order valence-electron chi connectivity index (χ4n) is 2.22. The van der Waals surface area contributed by atoms with Crippen molar-refractivity contribution < 1.29 is 14.2 Å². The molecule has 1 aromatic heterocycles. The highest BCUT2D eigenvalue weighted by atomic mass is 19.1. The van der Waals surface area contributed by atoms with Crippen LogP contribution in [0.3, 0.4) is 0 Å². The van der Waals surface area contributed by atoms with Gasteiger partial charge in [-0.3, -0.25) is 4.98 Å². The van der Waals surface area contributed by atoms with E-state index in [-0.39, 0.29) is 0 Å². The van der Waals surface area contributed by atoms with Gasteiger partial charge in [0.05, 0.1) is 6.10 Å². The summed E-state index contributed by atoms with van der Waals surface area (Å²) in [6.07, 6.45) is 0.869. The lowest BCUT2D eigenvalue weighted by molar-refractivity contribution is 0.195. The Morgan fingerprint density at radius 3 is 2.71 bits per heavy atom. The van der Waals surface area contributed by atoms with Crippen molar-refractivity contribution in [2.24, 2.45) is 0 Å². The number of rotatable bonds is 3. The SMILES string of the molecule is C[C@H](O)c1cc(F)ccc1Oc1cccc2cccnc12. The van der Waals surface area contributed by atoms with Gasteiger partial charge in [-0.05, 0) is 37.3 Å². The Balaban J connectivity index is 2.07. The van der Waals surface area contributed by atoms with Gasteiger partial charge in [0, 0.05) is 17.1 Å². The number of pyridine rings is 1. The van der Waals surface area contributed by atoms with Crippen molar-refractivity contribution in [3.05, 3.63) is 66.1 Å². The molecule has 0 amide bonds. The molecule has 1 heterocycles. The van der Waals surface area contributed by atoms with Gasteiger partial charge < -0.3 is 9.84 Å². The second kappa shape index (κ2) is 5.50. The topological polar surface area (TPSA) is 42.4 Å². The van der Waals surface area contributed by atoms with E-state index >= 15 is 0 Å². The molecule has 3 rings (SSSR count). The molecule has 4 heteroatoms. The normalized spacial score (nSPS) is 12.3. The van der Waals surface area contributed by atoms with Crippen molar-refractivity contribution in [1.82, 2.24) is 4.98 Å². The number of ether oxygens (including phenoxy) is 1. The maximum absolute atomic E-state index is 13.3. The van der Waals surface area contributed by atoms with Crippen molar-refractivity contribution in [2.45, 2.75) is 13.0 Å². The number of halogens is 1. The molecule has 3 nitrogen and oxygen atoms in total. The average molecular weight is 283 g/mol. The summed E-state index contributed by atoms with van der Waals surface area (Å²) in [4.78, 5) is 4.31. The third kappa shape index (κ3) is 2.71.